The Morgan fingerprint density at radius 1 is 1.16 bits per heavy atom. The van der Waals surface area contributed by atoms with Gasteiger partial charge in [0.05, 0.1) is 12.5 Å². The molecule has 0 aliphatic carbocycles. The van der Waals surface area contributed by atoms with Crippen molar-refractivity contribution in [1.82, 2.24) is 0 Å². The summed E-state index contributed by atoms with van der Waals surface area (Å²) < 4.78 is 16.2. The molecule has 1 aromatic heterocycles. The van der Waals surface area contributed by atoms with E-state index >= 15 is 0 Å². The number of hydrogen-bond donors (Lipinski definition) is 0. The Morgan fingerprint density at radius 3 is 2.56 bits per heavy atom. The Balaban J connectivity index is 2.25. The van der Waals surface area contributed by atoms with Gasteiger partial charge in [-0.2, -0.15) is 0 Å². The molecular weight excluding hydrogens is 344 g/mol. The SMILES string of the molecule is COC(=O)[C@@H](C)Oc1c(-c2ccccc2)oc2ccc(Cl)cc2c1=O. The predicted molar refractivity (Wildman–Crippen MR) is 95.0 cm³/mol. The molecule has 6 heteroatoms. The molecule has 0 radical (unpaired) electrons. The monoisotopic (exact) mass is 358 g/mol. The maximum Gasteiger partial charge on any atom is 0.346 e. The van der Waals surface area contributed by atoms with Gasteiger partial charge in [0.25, 0.3) is 0 Å². The third kappa shape index (κ3) is 3.37. The topological polar surface area (TPSA) is 65.7 Å². The average Bonchev–Trinajstić information content (AvgIpc) is 2.64. The first-order valence-electron chi connectivity index (χ1n) is 7.57. The minimum Gasteiger partial charge on any atom is -0.471 e. The number of hydrogen-bond acceptors (Lipinski definition) is 5. The normalized spacial score (nSPS) is 12.0. The Hall–Kier alpha value is -2.79. The lowest BCUT2D eigenvalue weighted by Crippen LogP contribution is -2.27. The van der Waals surface area contributed by atoms with Gasteiger partial charge in [-0.1, -0.05) is 41.9 Å². The summed E-state index contributed by atoms with van der Waals surface area (Å²) in [6, 6.07) is 13.8. The van der Waals surface area contributed by atoms with Crippen molar-refractivity contribution < 1.29 is 18.7 Å². The average molecular weight is 359 g/mol. The van der Waals surface area contributed by atoms with E-state index in [9.17, 15) is 9.59 Å². The molecule has 25 heavy (non-hydrogen) atoms. The molecule has 3 aromatic rings. The van der Waals surface area contributed by atoms with Gasteiger partial charge >= 0.3 is 5.97 Å². The zero-order valence-electron chi connectivity index (χ0n) is 13.6. The summed E-state index contributed by atoms with van der Waals surface area (Å²) in [4.78, 5) is 24.6. The van der Waals surface area contributed by atoms with Crippen LogP contribution in [-0.4, -0.2) is 19.2 Å². The molecule has 3 rings (SSSR count). The molecule has 1 heterocycles. The number of carbonyl (C=O) groups excluding carboxylic acids is 1. The largest absolute Gasteiger partial charge is 0.471 e. The number of benzene rings is 2. The van der Waals surface area contributed by atoms with E-state index in [0.29, 0.717) is 16.2 Å². The number of halogens is 1. The van der Waals surface area contributed by atoms with Crippen LogP contribution in [0.4, 0.5) is 0 Å². The van der Waals surface area contributed by atoms with Gasteiger partial charge in [0.15, 0.2) is 11.9 Å². The second-order valence-corrected chi connectivity index (χ2v) is 5.82. The van der Waals surface area contributed by atoms with Crippen molar-refractivity contribution in [1.29, 1.82) is 0 Å². The highest BCUT2D eigenvalue weighted by molar-refractivity contribution is 6.31. The lowest BCUT2D eigenvalue weighted by molar-refractivity contribution is -0.147. The first-order valence-corrected chi connectivity index (χ1v) is 7.95. The molecule has 2 aromatic carbocycles. The number of fused-ring (bicyclic) bond motifs is 1. The van der Waals surface area contributed by atoms with Crippen molar-refractivity contribution in [2.45, 2.75) is 13.0 Å². The first-order chi connectivity index (χ1) is 12.0. The molecule has 0 fully saturated rings. The Morgan fingerprint density at radius 2 is 1.88 bits per heavy atom. The van der Waals surface area contributed by atoms with Crippen LogP contribution in [0.3, 0.4) is 0 Å². The van der Waals surface area contributed by atoms with Gasteiger partial charge in [0.1, 0.15) is 5.58 Å². The molecule has 0 aliphatic rings. The van der Waals surface area contributed by atoms with Crippen LogP contribution < -0.4 is 10.2 Å². The van der Waals surface area contributed by atoms with Crippen LogP contribution in [0.2, 0.25) is 5.02 Å². The third-order valence-corrected chi connectivity index (χ3v) is 3.91. The number of ether oxygens (including phenoxy) is 2. The van der Waals surface area contributed by atoms with Crippen molar-refractivity contribution in [3.63, 3.8) is 0 Å². The zero-order valence-corrected chi connectivity index (χ0v) is 14.4. The first kappa shape index (κ1) is 17.0. The van der Waals surface area contributed by atoms with Gasteiger partial charge in [-0.15, -0.1) is 0 Å². The second kappa shape index (κ2) is 6.99. The molecule has 0 N–H and O–H groups in total. The van der Waals surface area contributed by atoms with Crippen molar-refractivity contribution in [3.8, 4) is 17.1 Å². The molecule has 128 valence electrons. The lowest BCUT2D eigenvalue weighted by atomic mass is 10.1. The smallest absolute Gasteiger partial charge is 0.346 e. The Kier molecular flexibility index (Phi) is 4.76. The van der Waals surface area contributed by atoms with Crippen LogP contribution in [0.1, 0.15) is 6.92 Å². The molecule has 0 aliphatic heterocycles. The Labute approximate surface area is 148 Å². The minimum absolute atomic E-state index is 0.0566. The maximum absolute atomic E-state index is 12.9. The highest BCUT2D eigenvalue weighted by Gasteiger charge is 2.23. The molecule has 0 saturated carbocycles. The van der Waals surface area contributed by atoms with Crippen LogP contribution in [0.5, 0.6) is 5.75 Å². The van der Waals surface area contributed by atoms with E-state index in [4.69, 9.17) is 20.8 Å². The van der Waals surface area contributed by atoms with E-state index in [0.717, 1.165) is 0 Å². The van der Waals surface area contributed by atoms with Gasteiger partial charge in [0.2, 0.25) is 11.2 Å². The van der Waals surface area contributed by atoms with E-state index in [-0.39, 0.29) is 16.9 Å². The summed E-state index contributed by atoms with van der Waals surface area (Å²) in [5.41, 5.74) is 0.633. The van der Waals surface area contributed by atoms with E-state index in [1.54, 1.807) is 24.3 Å². The molecule has 0 saturated heterocycles. The number of rotatable bonds is 4. The van der Waals surface area contributed by atoms with Crippen LogP contribution in [0.15, 0.2) is 57.7 Å². The van der Waals surface area contributed by atoms with Gasteiger partial charge in [-0.3, -0.25) is 4.79 Å². The molecule has 5 nitrogen and oxygen atoms in total. The van der Waals surface area contributed by atoms with Gasteiger partial charge in [0, 0.05) is 10.6 Å². The van der Waals surface area contributed by atoms with Gasteiger partial charge < -0.3 is 13.9 Å². The standard InChI is InChI=1S/C19H15ClO5/c1-11(19(22)23-2)24-18-16(21)14-10-13(20)8-9-15(14)25-17(18)12-6-4-3-5-7-12/h3-11H,1-2H3/t11-/m1/s1. The number of methoxy groups -OCH3 is 1. The molecule has 0 spiro atoms. The predicted octanol–water partition coefficient (Wildman–Crippen LogP) is 4.05. The fourth-order valence-corrected chi connectivity index (χ4v) is 2.60. The summed E-state index contributed by atoms with van der Waals surface area (Å²) in [6.45, 7) is 1.50. The summed E-state index contributed by atoms with van der Waals surface area (Å²) >= 11 is 5.98. The summed E-state index contributed by atoms with van der Waals surface area (Å²) in [7, 11) is 1.25. The lowest BCUT2D eigenvalue weighted by Gasteiger charge is -2.15. The van der Waals surface area contributed by atoms with Crippen molar-refractivity contribution in [3.05, 3.63) is 63.8 Å². The van der Waals surface area contributed by atoms with Crippen LogP contribution >= 0.6 is 11.6 Å². The maximum atomic E-state index is 12.9. The number of carbonyl (C=O) groups is 1. The van der Waals surface area contributed by atoms with E-state index in [1.165, 1.54) is 20.1 Å². The fourth-order valence-electron chi connectivity index (χ4n) is 2.43. The van der Waals surface area contributed by atoms with Gasteiger partial charge in [-0.25, -0.2) is 4.79 Å². The summed E-state index contributed by atoms with van der Waals surface area (Å²) in [5, 5.41) is 0.679. The van der Waals surface area contributed by atoms with Gasteiger partial charge in [-0.05, 0) is 25.1 Å². The Bertz CT molecular complexity index is 978. The van der Waals surface area contributed by atoms with E-state index in [2.05, 4.69) is 4.74 Å². The molecule has 1 atom stereocenters. The summed E-state index contributed by atoms with van der Waals surface area (Å²) in [6.07, 6.45) is -0.966. The molecule has 0 unspecified atom stereocenters. The van der Waals surface area contributed by atoms with E-state index in [1.807, 2.05) is 18.2 Å². The molecule has 0 bridgehead atoms. The van der Waals surface area contributed by atoms with Crippen LogP contribution in [-0.2, 0) is 9.53 Å². The highest BCUT2D eigenvalue weighted by atomic mass is 35.5. The summed E-state index contributed by atoms with van der Waals surface area (Å²) in [5.74, 6) is -0.403. The highest BCUT2D eigenvalue weighted by Crippen LogP contribution is 2.32. The van der Waals surface area contributed by atoms with E-state index < -0.39 is 17.5 Å². The molecule has 0 amide bonds. The quantitative estimate of drug-likeness (QED) is 0.658. The third-order valence-electron chi connectivity index (χ3n) is 3.67. The minimum atomic E-state index is -0.966. The fraction of sp³-hybridized carbons (Fsp3) is 0.158. The van der Waals surface area contributed by atoms with Crippen LogP contribution in [0, 0.1) is 0 Å². The van der Waals surface area contributed by atoms with Crippen molar-refractivity contribution in [2.75, 3.05) is 7.11 Å². The number of esters is 1. The van der Waals surface area contributed by atoms with Crippen LogP contribution in [0.25, 0.3) is 22.3 Å². The van der Waals surface area contributed by atoms with Crippen molar-refractivity contribution >= 4 is 28.5 Å². The molecular formula is C19H15ClO5. The zero-order chi connectivity index (χ0) is 18.0. The second-order valence-electron chi connectivity index (χ2n) is 5.38. The van der Waals surface area contributed by atoms with Crippen molar-refractivity contribution in [2.24, 2.45) is 0 Å².